The smallest absolute Gasteiger partial charge is 0.410 e. The summed E-state index contributed by atoms with van der Waals surface area (Å²) in [4.78, 5) is 40.9. The second kappa shape index (κ2) is 8.39. The van der Waals surface area contributed by atoms with Crippen molar-refractivity contribution in [2.45, 2.75) is 77.0 Å². The first-order valence-corrected chi connectivity index (χ1v) is 11.9. The molecule has 180 valence electrons. The van der Waals surface area contributed by atoms with Gasteiger partial charge in [0.2, 0.25) is 5.91 Å². The molecule has 6 atom stereocenters. The summed E-state index contributed by atoms with van der Waals surface area (Å²) in [5, 5.41) is 9.42. The van der Waals surface area contributed by atoms with E-state index in [1.54, 1.807) is 25.7 Å². The number of nitrogens with zero attached hydrogens (tertiary/aromatic N) is 2. The Labute approximate surface area is 189 Å². The first kappa shape index (κ1) is 23.1. The van der Waals surface area contributed by atoms with Crippen LogP contribution in [0.4, 0.5) is 9.59 Å². The van der Waals surface area contributed by atoms with E-state index < -0.39 is 17.1 Å². The Bertz CT molecular complexity index is 749. The molecule has 0 radical (unpaired) electrons. The Balaban J connectivity index is 1.36. The third-order valence-electron chi connectivity index (χ3n) is 7.78. The molecule has 3 amide bonds. The number of carbonyl (C=O) groups excluding carboxylic acids is 3. The lowest BCUT2D eigenvalue weighted by Gasteiger charge is -2.58. The van der Waals surface area contributed by atoms with Crippen LogP contribution in [0.5, 0.6) is 0 Å². The molecule has 9 heteroatoms. The Hall–Kier alpha value is -2.03. The predicted octanol–water partition coefficient (Wildman–Crippen LogP) is 2.11. The van der Waals surface area contributed by atoms with Crippen molar-refractivity contribution in [1.82, 2.24) is 9.80 Å². The maximum absolute atomic E-state index is 13.0. The van der Waals surface area contributed by atoms with Crippen molar-refractivity contribution in [1.29, 1.82) is 0 Å². The van der Waals surface area contributed by atoms with Crippen LogP contribution in [0.25, 0.3) is 0 Å². The fourth-order valence-electron chi connectivity index (χ4n) is 6.68. The molecule has 5 aliphatic rings. The molecular formula is C23H37N3O6. The molecular weight excluding hydrogens is 414 g/mol. The number of hydrogen-bond acceptors (Lipinski definition) is 6. The molecule has 9 nitrogen and oxygen atoms in total. The second-order valence-electron chi connectivity index (χ2n) is 11.2. The lowest BCUT2D eigenvalue weighted by atomic mass is 9.48. The number of primary amides is 1. The molecule has 5 fully saturated rings. The normalized spacial score (nSPS) is 35.6. The maximum Gasteiger partial charge on any atom is 0.410 e. The van der Waals surface area contributed by atoms with Gasteiger partial charge in [0, 0.05) is 19.6 Å². The van der Waals surface area contributed by atoms with E-state index in [0.29, 0.717) is 25.4 Å². The zero-order valence-electron chi connectivity index (χ0n) is 19.4. The molecule has 1 saturated heterocycles. The van der Waals surface area contributed by atoms with Crippen molar-refractivity contribution < 1.29 is 29.0 Å². The Morgan fingerprint density at radius 1 is 1.16 bits per heavy atom. The van der Waals surface area contributed by atoms with Gasteiger partial charge in [-0.1, -0.05) is 0 Å². The van der Waals surface area contributed by atoms with Crippen molar-refractivity contribution >= 4 is 18.1 Å². The highest BCUT2D eigenvalue weighted by atomic mass is 16.6. The van der Waals surface area contributed by atoms with Crippen LogP contribution in [-0.4, -0.2) is 77.0 Å². The summed E-state index contributed by atoms with van der Waals surface area (Å²) in [6.07, 6.45) is 3.93. The zero-order chi connectivity index (χ0) is 23.3. The van der Waals surface area contributed by atoms with Crippen molar-refractivity contribution in [3.05, 3.63) is 0 Å². The summed E-state index contributed by atoms with van der Waals surface area (Å²) in [6.45, 7) is 6.23. The van der Waals surface area contributed by atoms with Crippen molar-refractivity contribution in [3.63, 3.8) is 0 Å². The summed E-state index contributed by atoms with van der Waals surface area (Å²) in [7, 11) is 0. The Kier molecular flexibility index (Phi) is 6.07. The zero-order valence-corrected chi connectivity index (χ0v) is 19.4. The summed E-state index contributed by atoms with van der Waals surface area (Å²) >= 11 is 0. The van der Waals surface area contributed by atoms with Crippen molar-refractivity contribution in [2.24, 2.45) is 28.9 Å². The highest BCUT2D eigenvalue weighted by molar-refractivity contribution is 5.81. The predicted molar refractivity (Wildman–Crippen MR) is 115 cm³/mol. The van der Waals surface area contributed by atoms with Gasteiger partial charge in [-0.25, -0.2) is 9.59 Å². The van der Waals surface area contributed by atoms with Crippen LogP contribution in [0.1, 0.15) is 59.3 Å². The first-order chi connectivity index (χ1) is 15.0. The fourth-order valence-corrected chi connectivity index (χ4v) is 6.68. The number of hydrogen-bond donors (Lipinski definition) is 2. The fraction of sp³-hybridized carbons (Fsp3) is 0.870. The second-order valence-corrected chi connectivity index (χ2v) is 11.2. The van der Waals surface area contributed by atoms with Gasteiger partial charge in [0.1, 0.15) is 11.7 Å². The molecule has 32 heavy (non-hydrogen) atoms. The summed E-state index contributed by atoms with van der Waals surface area (Å²) in [6, 6.07) is -0.221. The van der Waals surface area contributed by atoms with Gasteiger partial charge in [-0.15, -0.1) is 0 Å². The maximum atomic E-state index is 13.0. The topological polar surface area (TPSA) is 122 Å². The lowest BCUT2D eigenvalue weighted by molar-refractivity contribution is -0.161. The van der Waals surface area contributed by atoms with Crippen LogP contribution < -0.4 is 5.73 Å². The van der Waals surface area contributed by atoms with Crippen molar-refractivity contribution in [2.75, 3.05) is 26.2 Å². The van der Waals surface area contributed by atoms with Gasteiger partial charge in [-0.05, 0) is 77.0 Å². The number of aliphatic hydroxyl groups excluding tert-OH is 1. The van der Waals surface area contributed by atoms with Crippen LogP contribution in [0.2, 0.25) is 0 Å². The molecule has 1 heterocycles. The van der Waals surface area contributed by atoms with Crippen LogP contribution >= 0.6 is 0 Å². The van der Waals surface area contributed by atoms with E-state index in [-0.39, 0.29) is 49.1 Å². The molecule has 0 aromatic heterocycles. The largest absolute Gasteiger partial charge is 0.446 e. The number of nitrogens with two attached hydrogens (primary N) is 1. The number of aliphatic hydroxyl groups is 1. The number of amides is 3. The van der Waals surface area contributed by atoms with E-state index in [1.807, 2.05) is 0 Å². The number of rotatable bonds is 5. The van der Waals surface area contributed by atoms with E-state index in [4.69, 9.17) is 15.2 Å². The molecule has 3 N–H and O–H groups in total. The van der Waals surface area contributed by atoms with E-state index in [1.165, 1.54) is 4.90 Å². The van der Waals surface area contributed by atoms with E-state index >= 15 is 0 Å². The van der Waals surface area contributed by atoms with Gasteiger partial charge in [0.05, 0.1) is 18.1 Å². The molecule has 5 unspecified atom stereocenters. The number of carbonyl (C=O) groups is 3. The van der Waals surface area contributed by atoms with Gasteiger partial charge >= 0.3 is 12.2 Å². The first-order valence-electron chi connectivity index (χ1n) is 11.9. The minimum atomic E-state index is -0.635. The van der Waals surface area contributed by atoms with E-state index in [0.717, 1.165) is 32.1 Å². The molecule has 4 bridgehead atoms. The molecule has 0 aromatic rings. The molecule has 1 aliphatic heterocycles. The Morgan fingerprint density at radius 3 is 2.38 bits per heavy atom. The van der Waals surface area contributed by atoms with Crippen LogP contribution in [-0.2, 0) is 14.3 Å². The standard InChI is InChI=1S/C23H37N3O6/c1-22(2,3)32-21(30)26(6-7-27)17-4-5-25(13-17)20(29)31-18-15-8-14-9-16(18)12-23(10-14,11-15)19(24)28/h14-18,27H,4-13H2,1-3H3,(H2,24,28)/t14?,15-,16?,17?,18?,23?/m1/s1. The highest BCUT2D eigenvalue weighted by Gasteiger charge is 2.59. The average Bonchev–Trinajstić information content (AvgIpc) is 3.16. The van der Waals surface area contributed by atoms with Crippen LogP contribution in [0.15, 0.2) is 0 Å². The third kappa shape index (κ3) is 4.40. The average molecular weight is 452 g/mol. The summed E-state index contributed by atoms with van der Waals surface area (Å²) < 4.78 is 11.5. The number of ether oxygens (including phenoxy) is 2. The third-order valence-corrected chi connectivity index (χ3v) is 7.78. The molecule has 0 aromatic carbocycles. The van der Waals surface area contributed by atoms with Crippen LogP contribution in [0, 0.1) is 23.2 Å². The monoisotopic (exact) mass is 451 g/mol. The quantitative estimate of drug-likeness (QED) is 0.660. The lowest BCUT2D eigenvalue weighted by Crippen LogP contribution is -2.59. The minimum Gasteiger partial charge on any atom is -0.446 e. The summed E-state index contributed by atoms with van der Waals surface area (Å²) in [5.74, 6) is 0.703. The van der Waals surface area contributed by atoms with Gasteiger partial charge in [0.25, 0.3) is 0 Å². The molecule has 0 spiro atoms. The van der Waals surface area contributed by atoms with Gasteiger partial charge < -0.3 is 30.1 Å². The number of likely N-dealkylation sites (tertiary alicyclic amines) is 1. The highest BCUT2D eigenvalue weighted by Crippen LogP contribution is 2.60. The minimum absolute atomic E-state index is 0.159. The summed E-state index contributed by atoms with van der Waals surface area (Å²) in [5.41, 5.74) is 4.71. The van der Waals surface area contributed by atoms with Crippen molar-refractivity contribution in [3.8, 4) is 0 Å². The molecule has 5 rings (SSSR count). The van der Waals surface area contributed by atoms with Gasteiger partial charge in [0.15, 0.2) is 0 Å². The molecule has 4 saturated carbocycles. The molecule has 4 aliphatic carbocycles. The van der Waals surface area contributed by atoms with E-state index in [2.05, 4.69) is 0 Å². The Morgan fingerprint density at radius 2 is 1.81 bits per heavy atom. The van der Waals surface area contributed by atoms with Crippen LogP contribution in [0.3, 0.4) is 0 Å². The SMILES string of the molecule is CC(C)(C)OC(=O)N(CCO)C1CCN(C(=O)OC2C3CC4C[C@@H]2CC(C(N)=O)(C4)C3)C1. The van der Waals surface area contributed by atoms with Gasteiger partial charge in [-0.2, -0.15) is 0 Å². The van der Waals surface area contributed by atoms with Gasteiger partial charge in [-0.3, -0.25) is 4.79 Å². The van der Waals surface area contributed by atoms with E-state index in [9.17, 15) is 19.5 Å².